The molecular weight excluding hydrogens is 246 g/mol. The van der Waals surface area contributed by atoms with E-state index in [2.05, 4.69) is 11.5 Å². The van der Waals surface area contributed by atoms with Crippen LogP contribution in [-0.4, -0.2) is 18.0 Å². The first-order valence-electron chi connectivity index (χ1n) is 5.93. The molecule has 19 heavy (non-hydrogen) atoms. The van der Waals surface area contributed by atoms with E-state index in [0.717, 1.165) is 0 Å². The van der Waals surface area contributed by atoms with Crippen molar-refractivity contribution in [2.45, 2.75) is 13.8 Å². The molecule has 0 amide bonds. The lowest BCUT2D eigenvalue weighted by molar-refractivity contribution is -0.383. The number of nitro groups is 1. The minimum atomic E-state index is -0.468. The van der Waals surface area contributed by atoms with Gasteiger partial charge in [-0.1, -0.05) is 6.07 Å². The third-order valence-corrected chi connectivity index (χ3v) is 2.79. The SMILES string of the molecule is CCN(CC(C)C#N)c1cccc(NN)c1[N+](=O)[O-]. The van der Waals surface area contributed by atoms with E-state index in [0.29, 0.717) is 18.8 Å². The zero-order valence-electron chi connectivity index (χ0n) is 11.0. The molecule has 0 radical (unpaired) electrons. The van der Waals surface area contributed by atoms with Gasteiger partial charge in [0.2, 0.25) is 0 Å². The van der Waals surface area contributed by atoms with Crippen molar-refractivity contribution in [3.05, 3.63) is 28.3 Å². The van der Waals surface area contributed by atoms with Crippen molar-refractivity contribution >= 4 is 17.1 Å². The summed E-state index contributed by atoms with van der Waals surface area (Å²) >= 11 is 0. The monoisotopic (exact) mass is 263 g/mol. The second kappa shape index (κ2) is 6.56. The van der Waals surface area contributed by atoms with Gasteiger partial charge in [-0.15, -0.1) is 0 Å². The number of nitro benzene ring substituents is 1. The van der Waals surface area contributed by atoms with E-state index in [-0.39, 0.29) is 17.3 Å². The van der Waals surface area contributed by atoms with Gasteiger partial charge >= 0.3 is 5.69 Å². The van der Waals surface area contributed by atoms with E-state index in [1.165, 1.54) is 0 Å². The Morgan fingerprint density at radius 2 is 2.32 bits per heavy atom. The molecule has 0 fully saturated rings. The Kier molecular flexibility index (Phi) is 5.09. The van der Waals surface area contributed by atoms with Crippen LogP contribution in [0.25, 0.3) is 0 Å². The van der Waals surface area contributed by atoms with Crippen LogP contribution in [-0.2, 0) is 0 Å². The van der Waals surface area contributed by atoms with Crippen molar-refractivity contribution in [2.24, 2.45) is 11.8 Å². The summed E-state index contributed by atoms with van der Waals surface area (Å²) in [6.07, 6.45) is 0. The number of benzene rings is 1. The quantitative estimate of drug-likeness (QED) is 0.460. The van der Waals surface area contributed by atoms with Crippen LogP contribution in [0.15, 0.2) is 18.2 Å². The first-order valence-corrected chi connectivity index (χ1v) is 5.93. The van der Waals surface area contributed by atoms with Crippen LogP contribution in [0.1, 0.15) is 13.8 Å². The van der Waals surface area contributed by atoms with E-state index in [1.807, 2.05) is 6.92 Å². The normalized spacial score (nSPS) is 11.5. The maximum Gasteiger partial charge on any atom is 0.316 e. The van der Waals surface area contributed by atoms with Crippen molar-refractivity contribution in [1.29, 1.82) is 5.26 Å². The Labute approximate surface area is 111 Å². The minimum absolute atomic E-state index is 0.0722. The van der Waals surface area contributed by atoms with E-state index in [4.69, 9.17) is 11.1 Å². The number of hydrazine groups is 1. The van der Waals surface area contributed by atoms with Crippen LogP contribution in [0.2, 0.25) is 0 Å². The third kappa shape index (κ3) is 3.33. The Morgan fingerprint density at radius 1 is 1.63 bits per heavy atom. The van der Waals surface area contributed by atoms with Crippen molar-refractivity contribution in [3.8, 4) is 6.07 Å². The summed E-state index contributed by atoms with van der Waals surface area (Å²) in [4.78, 5) is 12.5. The fourth-order valence-electron chi connectivity index (χ4n) is 1.86. The van der Waals surface area contributed by atoms with Crippen LogP contribution in [0, 0.1) is 27.4 Å². The maximum atomic E-state index is 11.2. The molecule has 7 heteroatoms. The Balaban J connectivity index is 3.24. The topological polar surface area (TPSA) is 108 Å². The standard InChI is InChI=1S/C12H17N5O2/c1-3-16(8-9(2)7-13)11-6-4-5-10(15-14)12(11)17(18)19/h4-6,9,15H,3,8,14H2,1-2H3. The highest BCUT2D eigenvalue weighted by Crippen LogP contribution is 2.35. The lowest BCUT2D eigenvalue weighted by Gasteiger charge is -2.24. The second-order valence-corrected chi connectivity index (χ2v) is 4.14. The molecule has 0 aromatic heterocycles. The lowest BCUT2D eigenvalue weighted by atomic mass is 10.1. The molecule has 0 spiro atoms. The molecule has 0 bridgehead atoms. The number of nitriles is 1. The number of rotatable bonds is 6. The summed E-state index contributed by atoms with van der Waals surface area (Å²) in [5, 5.41) is 20.1. The van der Waals surface area contributed by atoms with E-state index >= 15 is 0 Å². The molecule has 1 atom stereocenters. The van der Waals surface area contributed by atoms with E-state index < -0.39 is 4.92 Å². The number of nitrogens with one attached hydrogen (secondary N) is 1. The fraction of sp³-hybridized carbons (Fsp3) is 0.417. The highest BCUT2D eigenvalue weighted by Gasteiger charge is 2.23. The zero-order valence-corrected chi connectivity index (χ0v) is 11.0. The Bertz CT molecular complexity index is 497. The van der Waals surface area contributed by atoms with E-state index in [9.17, 15) is 10.1 Å². The summed E-state index contributed by atoms with van der Waals surface area (Å²) < 4.78 is 0. The number of nitrogens with zero attached hydrogens (tertiary/aromatic N) is 3. The lowest BCUT2D eigenvalue weighted by Crippen LogP contribution is -2.28. The average Bonchev–Trinajstić information content (AvgIpc) is 2.43. The summed E-state index contributed by atoms with van der Waals surface area (Å²) in [6, 6.07) is 7.02. The molecule has 0 aliphatic rings. The van der Waals surface area contributed by atoms with Gasteiger partial charge in [0, 0.05) is 13.1 Å². The minimum Gasteiger partial charge on any atom is -0.365 e. The average molecular weight is 263 g/mol. The van der Waals surface area contributed by atoms with E-state index in [1.54, 1.807) is 30.0 Å². The first kappa shape index (κ1) is 14.7. The number of nitrogen functional groups attached to an aromatic ring is 1. The molecule has 0 saturated heterocycles. The van der Waals surface area contributed by atoms with Crippen molar-refractivity contribution in [2.75, 3.05) is 23.4 Å². The van der Waals surface area contributed by atoms with Crippen molar-refractivity contribution in [1.82, 2.24) is 0 Å². The van der Waals surface area contributed by atoms with Gasteiger partial charge in [0.1, 0.15) is 11.4 Å². The largest absolute Gasteiger partial charge is 0.365 e. The molecule has 102 valence electrons. The second-order valence-electron chi connectivity index (χ2n) is 4.14. The van der Waals surface area contributed by atoms with Gasteiger partial charge < -0.3 is 10.3 Å². The molecule has 1 aromatic rings. The molecule has 1 unspecified atom stereocenters. The Morgan fingerprint density at radius 3 is 2.79 bits per heavy atom. The predicted molar refractivity (Wildman–Crippen MR) is 73.6 cm³/mol. The zero-order chi connectivity index (χ0) is 14.4. The fourth-order valence-corrected chi connectivity index (χ4v) is 1.86. The molecule has 0 heterocycles. The number of nitrogens with two attached hydrogens (primary N) is 1. The summed E-state index contributed by atoms with van der Waals surface area (Å²) in [6.45, 7) is 4.67. The number of hydrogen-bond donors (Lipinski definition) is 2. The summed E-state index contributed by atoms with van der Waals surface area (Å²) in [5.41, 5.74) is 2.98. The van der Waals surface area contributed by atoms with Crippen LogP contribution < -0.4 is 16.2 Å². The molecule has 7 nitrogen and oxygen atoms in total. The van der Waals surface area contributed by atoms with Gasteiger partial charge in [-0.05, 0) is 26.0 Å². The highest BCUT2D eigenvalue weighted by molar-refractivity contribution is 5.76. The summed E-state index contributed by atoms with van der Waals surface area (Å²) in [7, 11) is 0. The molecular formula is C12H17N5O2. The van der Waals surface area contributed by atoms with Crippen molar-refractivity contribution in [3.63, 3.8) is 0 Å². The van der Waals surface area contributed by atoms with Gasteiger partial charge in [0.05, 0.1) is 16.9 Å². The molecule has 0 aliphatic carbocycles. The van der Waals surface area contributed by atoms with Gasteiger partial charge in [-0.2, -0.15) is 5.26 Å². The van der Waals surface area contributed by atoms with Crippen molar-refractivity contribution < 1.29 is 4.92 Å². The Hall–Kier alpha value is -2.33. The van der Waals surface area contributed by atoms with Gasteiger partial charge in [-0.3, -0.25) is 16.0 Å². The number of hydrogen-bond acceptors (Lipinski definition) is 6. The van der Waals surface area contributed by atoms with Gasteiger partial charge in [-0.25, -0.2) is 0 Å². The van der Waals surface area contributed by atoms with Crippen LogP contribution in [0.4, 0.5) is 17.1 Å². The molecule has 1 aromatic carbocycles. The molecule has 1 rings (SSSR count). The molecule has 0 saturated carbocycles. The van der Waals surface area contributed by atoms with Crippen LogP contribution >= 0.6 is 0 Å². The van der Waals surface area contributed by atoms with Crippen LogP contribution in [0.3, 0.4) is 0 Å². The van der Waals surface area contributed by atoms with Gasteiger partial charge in [0.15, 0.2) is 0 Å². The maximum absolute atomic E-state index is 11.2. The van der Waals surface area contributed by atoms with Crippen LogP contribution in [0.5, 0.6) is 0 Å². The smallest absolute Gasteiger partial charge is 0.316 e. The molecule has 3 N–H and O–H groups in total. The summed E-state index contributed by atoms with van der Waals surface area (Å²) in [5.74, 6) is 5.09. The highest BCUT2D eigenvalue weighted by atomic mass is 16.6. The predicted octanol–water partition coefficient (Wildman–Crippen LogP) is 1.87. The number of para-hydroxylation sites is 1. The van der Waals surface area contributed by atoms with Gasteiger partial charge in [0.25, 0.3) is 0 Å². The number of anilines is 2. The first-order chi connectivity index (χ1) is 9.04. The third-order valence-electron chi connectivity index (χ3n) is 2.79. The molecule has 0 aliphatic heterocycles.